The number of nitrogens with zero attached hydrogens (tertiary/aromatic N) is 1. The summed E-state index contributed by atoms with van der Waals surface area (Å²) < 4.78 is 0. The summed E-state index contributed by atoms with van der Waals surface area (Å²) in [6.45, 7) is 0.647. The number of carbonyl (C=O) groups is 3. The van der Waals surface area contributed by atoms with Crippen molar-refractivity contribution in [1.29, 1.82) is 0 Å². The Labute approximate surface area is 176 Å². The average molecular weight is 407 g/mol. The average Bonchev–Trinajstić information content (AvgIpc) is 3.03. The molecule has 4 rings (SSSR count). The van der Waals surface area contributed by atoms with Gasteiger partial charge in [0.05, 0.1) is 37.5 Å². The van der Waals surface area contributed by atoms with Gasteiger partial charge in [0.15, 0.2) is 0 Å². The molecule has 6 nitrogen and oxygen atoms in total. The van der Waals surface area contributed by atoms with E-state index < -0.39 is 0 Å². The number of amides is 3. The maximum Gasteiger partial charge on any atom is 0.266 e. The lowest BCUT2D eigenvalue weighted by atomic mass is 9.80. The molecule has 1 aliphatic heterocycles. The van der Waals surface area contributed by atoms with Gasteiger partial charge >= 0.3 is 0 Å². The van der Waals surface area contributed by atoms with Crippen LogP contribution in [0.25, 0.3) is 0 Å². The standard InChI is InChI=1S/C24H27N3O3/c1-26(2)24(14-6-3-7-15-24)16-25-21(28)17-10-12-18(13-11-17)27-22(29)19-8-4-5-9-20(19)23(27)30/h4-5,8-13H,3,6-7,14-16H2,1-2H3,(H,25,28)/p+1. The van der Waals surface area contributed by atoms with E-state index in [2.05, 4.69) is 19.4 Å². The SMILES string of the molecule is C[NH+](C)C1(CNC(=O)c2ccc(N3C(=O)c4ccccc4C3=O)cc2)CCCCC1. The van der Waals surface area contributed by atoms with Crippen molar-refractivity contribution < 1.29 is 19.3 Å². The van der Waals surface area contributed by atoms with Gasteiger partial charge in [-0.2, -0.15) is 0 Å². The van der Waals surface area contributed by atoms with Gasteiger partial charge in [-0.25, -0.2) is 4.90 Å². The van der Waals surface area contributed by atoms with Crippen LogP contribution in [0.3, 0.4) is 0 Å². The van der Waals surface area contributed by atoms with Gasteiger partial charge in [0.2, 0.25) is 0 Å². The molecule has 0 radical (unpaired) electrons. The smallest absolute Gasteiger partial charge is 0.266 e. The fourth-order valence-corrected chi connectivity index (χ4v) is 4.62. The van der Waals surface area contributed by atoms with E-state index in [4.69, 9.17) is 0 Å². The van der Waals surface area contributed by atoms with Crippen LogP contribution >= 0.6 is 0 Å². The second kappa shape index (κ2) is 8.03. The van der Waals surface area contributed by atoms with Crippen molar-refractivity contribution in [3.05, 3.63) is 65.2 Å². The summed E-state index contributed by atoms with van der Waals surface area (Å²) in [4.78, 5) is 40.5. The molecule has 0 atom stereocenters. The lowest BCUT2D eigenvalue weighted by Crippen LogP contribution is -3.16. The molecule has 2 aromatic rings. The van der Waals surface area contributed by atoms with E-state index in [0.29, 0.717) is 28.9 Å². The molecular formula is C24H28N3O3+. The molecule has 1 saturated carbocycles. The van der Waals surface area contributed by atoms with Gasteiger partial charge in [-0.1, -0.05) is 18.6 Å². The quantitative estimate of drug-likeness (QED) is 0.747. The third kappa shape index (κ3) is 3.52. The van der Waals surface area contributed by atoms with E-state index in [1.807, 2.05) is 0 Å². The van der Waals surface area contributed by atoms with E-state index in [1.165, 1.54) is 29.1 Å². The molecular weight excluding hydrogens is 378 g/mol. The highest BCUT2D eigenvalue weighted by molar-refractivity contribution is 6.34. The highest BCUT2D eigenvalue weighted by Crippen LogP contribution is 2.28. The van der Waals surface area contributed by atoms with Crippen LogP contribution in [0.5, 0.6) is 0 Å². The first kappa shape index (κ1) is 20.3. The highest BCUT2D eigenvalue weighted by Gasteiger charge is 2.39. The molecule has 1 heterocycles. The van der Waals surface area contributed by atoms with Gasteiger partial charge in [-0.3, -0.25) is 14.4 Å². The summed E-state index contributed by atoms with van der Waals surface area (Å²) in [5, 5.41) is 3.10. The number of quaternary nitrogens is 1. The number of likely N-dealkylation sites (N-methyl/N-ethyl adjacent to an activating group) is 1. The first-order chi connectivity index (χ1) is 14.4. The number of anilines is 1. The van der Waals surface area contributed by atoms with Gasteiger partial charge in [-0.05, 0) is 49.2 Å². The molecule has 2 aromatic carbocycles. The van der Waals surface area contributed by atoms with Crippen molar-refractivity contribution in [3.63, 3.8) is 0 Å². The number of carbonyl (C=O) groups excluding carboxylic acids is 3. The number of benzene rings is 2. The molecule has 0 aromatic heterocycles. The molecule has 1 aliphatic carbocycles. The molecule has 0 spiro atoms. The number of rotatable bonds is 5. The van der Waals surface area contributed by atoms with Gasteiger partial charge in [0, 0.05) is 18.4 Å². The summed E-state index contributed by atoms with van der Waals surface area (Å²) in [6.07, 6.45) is 5.91. The molecule has 2 aliphatic rings. The van der Waals surface area contributed by atoms with E-state index in [0.717, 1.165) is 12.8 Å². The predicted molar refractivity (Wildman–Crippen MR) is 115 cm³/mol. The third-order valence-corrected chi connectivity index (χ3v) is 6.64. The Morgan fingerprint density at radius 2 is 1.50 bits per heavy atom. The van der Waals surface area contributed by atoms with E-state index in [9.17, 15) is 14.4 Å². The van der Waals surface area contributed by atoms with Gasteiger partial charge in [-0.15, -0.1) is 0 Å². The fraction of sp³-hybridized carbons (Fsp3) is 0.375. The highest BCUT2D eigenvalue weighted by atomic mass is 16.2. The summed E-state index contributed by atoms with van der Waals surface area (Å²) in [5.74, 6) is -0.794. The van der Waals surface area contributed by atoms with Crippen LogP contribution in [0, 0.1) is 0 Å². The first-order valence-electron chi connectivity index (χ1n) is 10.6. The van der Waals surface area contributed by atoms with Crippen molar-refractivity contribution in [2.45, 2.75) is 37.6 Å². The number of hydrogen-bond donors (Lipinski definition) is 2. The zero-order valence-corrected chi connectivity index (χ0v) is 17.5. The number of nitrogens with one attached hydrogen (secondary N) is 2. The Bertz CT molecular complexity index is 940. The maximum absolute atomic E-state index is 12.7. The summed E-state index contributed by atoms with van der Waals surface area (Å²) in [5.41, 5.74) is 1.91. The molecule has 156 valence electrons. The van der Waals surface area contributed by atoms with Crippen LogP contribution in [-0.2, 0) is 0 Å². The Kier molecular flexibility index (Phi) is 5.43. The molecule has 2 N–H and O–H groups in total. The van der Waals surface area contributed by atoms with Crippen LogP contribution in [0.2, 0.25) is 0 Å². The van der Waals surface area contributed by atoms with Crippen molar-refractivity contribution in [3.8, 4) is 0 Å². The van der Waals surface area contributed by atoms with Gasteiger partial charge in [0.1, 0.15) is 5.54 Å². The van der Waals surface area contributed by atoms with E-state index >= 15 is 0 Å². The Balaban J connectivity index is 1.46. The molecule has 0 saturated heterocycles. The lowest BCUT2D eigenvalue weighted by molar-refractivity contribution is -0.916. The molecule has 30 heavy (non-hydrogen) atoms. The van der Waals surface area contributed by atoms with Crippen LogP contribution in [0.4, 0.5) is 5.69 Å². The van der Waals surface area contributed by atoms with Crippen molar-refractivity contribution in [2.75, 3.05) is 25.5 Å². The maximum atomic E-state index is 12.7. The molecule has 0 unspecified atom stereocenters. The largest absolute Gasteiger partial charge is 0.346 e. The van der Waals surface area contributed by atoms with Crippen molar-refractivity contribution >= 4 is 23.4 Å². The van der Waals surface area contributed by atoms with Crippen LogP contribution in [0.1, 0.15) is 63.2 Å². The minimum Gasteiger partial charge on any atom is -0.346 e. The van der Waals surface area contributed by atoms with Crippen molar-refractivity contribution in [1.82, 2.24) is 5.32 Å². The third-order valence-electron chi connectivity index (χ3n) is 6.64. The second-order valence-electron chi connectivity index (χ2n) is 8.56. The monoisotopic (exact) mass is 406 g/mol. The molecule has 6 heteroatoms. The van der Waals surface area contributed by atoms with Crippen LogP contribution in [-0.4, -0.2) is 43.9 Å². The Morgan fingerprint density at radius 1 is 0.933 bits per heavy atom. The molecule has 1 fully saturated rings. The minimum absolute atomic E-state index is 0.0913. The first-order valence-corrected chi connectivity index (χ1v) is 10.6. The molecule has 0 bridgehead atoms. The Hall–Kier alpha value is -2.99. The Morgan fingerprint density at radius 3 is 2.03 bits per heavy atom. The number of imide groups is 1. The van der Waals surface area contributed by atoms with Crippen LogP contribution in [0.15, 0.2) is 48.5 Å². The normalized spacial score (nSPS) is 17.9. The predicted octanol–water partition coefficient (Wildman–Crippen LogP) is 2.06. The minimum atomic E-state index is -0.332. The summed E-state index contributed by atoms with van der Waals surface area (Å²) in [7, 11) is 4.32. The van der Waals surface area contributed by atoms with Gasteiger partial charge < -0.3 is 10.2 Å². The van der Waals surface area contributed by atoms with E-state index in [1.54, 1.807) is 48.5 Å². The second-order valence-corrected chi connectivity index (χ2v) is 8.56. The van der Waals surface area contributed by atoms with Crippen molar-refractivity contribution in [2.24, 2.45) is 0 Å². The fourth-order valence-electron chi connectivity index (χ4n) is 4.62. The zero-order valence-electron chi connectivity index (χ0n) is 17.5. The lowest BCUT2D eigenvalue weighted by Gasteiger charge is -2.39. The number of fused-ring (bicyclic) bond motifs is 1. The number of hydrogen-bond acceptors (Lipinski definition) is 3. The summed E-state index contributed by atoms with van der Waals surface area (Å²) in [6, 6.07) is 13.5. The molecule has 3 amide bonds. The topological polar surface area (TPSA) is 70.9 Å². The van der Waals surface area contributed by atoms with E-state index in [-0.39, 0.29) is 23.3 Å². The zero-order chi connectivity index (χ0) is 21.3. The van der Waals surface area contributed by atoms with Gasteiger partial charge in [0.25, 0.3) is 17.7 Å². The van der Waals surface area contributed by atoms with Crippen LogP contribution < -0.4 is 15.1 Å². The summed E-state index contributed by atoms with van der Waals surface area (Å²) >= 11 is 0.